The van der Waals surface area contributed by atoms with Gasteiger partial charge >= 0.3 is 0 Å². The molecule has 0 radical (unpaired) electrons. The summed E-state index contributed by atoms with van der Waals surface area (Å²) in [5.74, 6) is 1.36. The highest BCUT2D eigenvalue weighted by Crippen LogP contribution is 2.25. The molecule has 1 atom stereocenters. The topological polar surface area (TPSA) is 104 Å². The van der Waals surface area contributed by atoms with Crippen molar-refractivity contribution >= 4 is 28.5 Å². The van der Waals surface area contributed by atoms with E-state index in [-0.39, 0.29) is 18.2 Å². The second-order valence-corrected chi connectivity index (χ2v) is 7.04. The number of hydrogen-bond acceptors (Lipinski definition) is 5. The quantitative estimate of drug-likeness (QED) is 0.543. The Morgan fingerprint density at radius 1 is 1.21 bits per heavy atom. The first kappa shape index (κ1) is 17.3. The zero-order chi connectivity index (χ0) is 19.8. The molecule has 0 aliphatic carbocycles. The molecule has 2 amide bonds. The van der Waals surface area contributed by atoms with E-state index in [1.165, 1.54) is 0 Å². The fourth-order valence-electron chi connectivity index (χ4n) is 3.55. The smallest absolute Gasteiger partial charge is 0.229 e. The number of H-pyrrole nitrogens is 1. The zero-order valence-electron chi connectivity index (χ0n) is 15.4. The molecule has 146 valence electrons. The Morgan fingerprint density at radius 3 is 2.86 bits per heavy atom. The minimum Gasteiger partial charge on any atom is -0.467 e. The number of fused-ring (bicyclic) bond motifs is 1. The molecular formula is C21H18N4O4. The maximum absolute atomic E-state index is 12.7. The van der Waals surface area contributed by atoms with Crippen LogP contribution in [0.4, 0.5) is 5.69 Å². The number of carbonyl (C=O) groups is 2. The van der Waals surface area contributed by atoms with Crippen LogP contribution in [-0.4, -0.2) is 33.2 Å². The highest BCUT2D eigenvalue weighted by Gasteiger charge is 2.34. The first-order valence-corrected chi connectivity index (χ1v) is 9.30. The van der Waals surface area contributed by atoms with Crippen LogP contribution >= 0.6 is 0 Å². The molecule has 4 heterocycles. The van der Waals surface area contributed by atoms with E-state index in [0.29, 0.717) is 36.1 Å². The highest BCUT2D eigenvalue weighted by molar-refractivity contribution is 5.98. The summed E-state index contributed by atoms with van der Waals surface area (Å²) in [6, 6.07) is 12.7. The molecule has 1 fully saturated rings. The molecule has 1 aliphatic heterocycles. The van der Waals surface area contributed by atoms with E-state index in [1.54, 1.807) is 35.6 Å². The monoisotopic (exact) mass is 390 g/mol. The van der Waals surface area contributed by atoms with E-state index in [0.717, 1.165) is 11.0 Å². The summed E-state index contributed by atoms with van der Waals surface area (Å²) in [5, 5.41) is 2.91. The Hall–Kier alpha value is -3.81. The van der Waals surface area contributed by atoms with E-state index in [2.05, 4.69) is 15.3 Å². The van der Waals surface area contributed by atoms with Crippen LogP contribution in [0.3, 0.4) is 0 Å². The number of benzene rings is 1. The number of furan rings is 2. The van der Waals surface area contributed by atoms with Crippen molar-refractivity contribution in [3.05, 3.63) is 60.8 Å². The molecule has 0 bridgehead atoms. The lowest BCUT2D eigenvalue weighted by molar-refractivity contribution is -0.128. The van der Waals surface area contributed by atoms with Gasteiger partial charge in [0.1, 0.15) is 5.76 Å². The molecular weight excluding hydrogens is 372 g/mol. The summed E-state index contributed by atoms with van der Waals surface area (Å²) in [4.78, 5) is 34.2. The molecule has 1 unspecified atom stereocenters. The Labute approximate surface area is 165 Å². The van der Waals surface area contributed by atoms with Gasteiger partial charge < -0.3 is 24.0 Å². The second kappa shape index (κ2) is 6.97. The van der Waals surface area contributed by atoms with E-state index in [9.17, 15) is 9.59 Å². The summed E-state index contributed by atoms with van der Waals surface area (Å²) in [6.45, 7) is 0.756. The summed E-state index contributed by atoms with van der Waals surface area (Å²) < 4.78 is 10.7. The summed E-state index contributed by atoms with van der Waals surface area (Å²) >= 11 is 0. The zero-order valence-corrected chi connectivity index (χ0v) is 15.4. The van der Waals surface area contributed by atoms with Crippen molar-refractivity contribution < 1.29 is 18.4 Å². The van der Waals surface area contributed by atoms with Crippen molar-refractivity contribution in [1.29, 1.82) is 0 Å². The van der Waals surface area contributed by atoms with Gasteiger partial charge in [0.05, 0.1) is 36.0 Å². The number of amides is 2. The lowest BCUT2D eigenvalue weighted by Gasteiger charge is -2.15. The Bertz CT molecular complexity index is 1160. The number of hydrogen-bond donors (Lipinski definition) is 2. The minimum atomic E-state index is -0.395. The number of carbonyl (C=O) groups excluding carboxylic acids is 2. The van der Waals surface area contributed by atoms with Gasteiger partial charge in [0, 0.05) is 18.7 Å². The predicted octanol–water partition coefficient (Wildman–Crippen LogP) is 3.40. The number of likely N-dealkylation sites (tertiary alicyclic amines) is 1. The minimum absolute atomic E-state index is 0.0475. The largest absolute Gasteiger partial charge is 0.467 e. The number of anilines is 1. The molecule has 29 heavy (non-hydrogen) atoms. The van der Waals surface area contributed by atoms with Crippen molar-refractivity contribution in [2.45, 2.75) is 13.0 Å². The third kappa shape index (κ3) is 3.40. The SMILES string of the molecule is O=C(Nc1ccc2nc(-c3ccco3)[nH]c2c1)C1CC(=O)N(Cc2ccco2)C1. The molecule has 5 rings (SSSR count). The summed E-state index contributed by atoms with van der Waals surface area (Å²) in [5.41, 5.74) is 2.21. The number of aromatic amines is 1. The van der Waals surface area contributed by atoms with Crippen LogP contribution in [0.5, 0.6) is 0 Å². The van der Waals surface area contributed by atoms with E-state index in [1.807, 2.05) is 24.3 Å². The van der Waals surface area contributed by atoms with Crippen LogP contribution in [0.2, 0.25) is 0 Å². The number of aromatic nitrogens is 2. The first-order valence-electron chi connectivity index (χ1n) is 9.30. The second-order valence-electron chi connectivity index (χ2n) is 7.04. The van der Waals surface area contributed by atoms with Gasteiger partial charge in [-0.2, -0.15) is 0 Å². The lowest BCUT2D eigenvalue weighted by atomic mass is 10.1. The van der Waals surface area contributed by atoms with Crippen molar-refractivity contribution in [3.8, 4) is 11.6 Å². The predicted molar refractivity (Wildman–Crippen MR) is 105 cm³/mol. The molecule has 2 N–H and O–H groups in total. The molecule has 1 aliphatic rings. The van der Waals surface area contributed by atoms with Gasteiger partial charge in [0.25, 0.3) is 0 Å². The first-order chi connectivity index (χ1) is 14.2. The van der Waals surface area contributed by atoms with Crippen LogP contribution in [-0.2, 0) is 16.1 Å². The molecule has 4 aromatic rings. The van der Waals surface area contributed by atoms with Crippen LogP contribution in [0.25, 0.3) is 22.6 Å². The normalized spacial score (nSPS) is 16.6. The van der Waals surface area contributed by atoms with Crippen LogP contribution in [0, 0.1) is 5.92 Å². The van der Waals surface area contributed by atoms with Gasteiger partial charge in [0.2, 0.25) is 11.8 Å². The van der Waals surface area contributed by atoms with Crippen molar-refractivity contribution in [1.82, 2.24) is 14.9 Å². The van der Waals surface area contributed by atoms with Crippen LogP contribution < -0.4 is 5.32 Å². The highest BCUT2D eigenvalue weighted by atomic mass is 16.3. The Morgan fingerprint density at radius 2 is 2.07 bits per heavy atom. The van der Waals surface area contributed by atoms with Gasteiger partial charge in [-0.25, -0.2) is 4.98 Å². The van der Waals surface area contributed by atoms with Crippen LogP contribution in [0.1, 0.15) is 12.2 Å². The fourth-order valence-corrected chi connectivity index (χ4v) is 3.55. The summed E-state index contributed by atoms with van der Waals surface area (Å²) in [6.07, 6.45) is 3.36. The maximum atomic E-state index is 12.7. The molecule has 1 saturated heterocycles. The maximum Gasteiger partial charge on any atom is 0.229 e. The molecule has 3 aromatic heterocycles. The average molecular weight is 390 g/mol. The van der Waals surface area contributed by atoms with Crippen molar-refractivity contribution in [2.75, 3.05) is 11.9 Å². The van der Waals surface area contributed by atoms with Crippen molar-refractivity contribution in [2.24, 2.45) is 5.92 Å². The van der Waals surface area contributed by atoms with Gasteiger partial charge in [-0.1, -0.05) is 0 Å². The fraction of sp³-hybridized carbons (Fsp3) is 0.190. The van der Waals surface area contributed by atoms with Gasteiger partial charge in [-0.3, -0.25) is 9.59 Å². The molecule has 8 heteroatoms. The third-order valence-electron chi connectivity index (χ3n) is 5.02. The molecule has 0 saturated carbocycles. The Kier molecular flexibility index (Phi) is 4.16. The number of nitrogens with zero attached hydrogens (tertiary/aromatic N) is 2. The van der Waals surface area contributed by atoms with Gasteiger partial charge in [0.15, 0.2) is 11.6 Å². The number of imidazole rings is 1. The third-order valence-corrected chi connectivity index (χ3v) is 5.02. The number of rotatable bonds is 5. The molecule has 1 aromatic carbocycles. The van der Waals surface area contributed by atoms with Gasteiger partial charge in [-0.15, -0.1) is 0 Å². The molecule has 8 nitrogen and oxygen atoms in total. The van der Waals surface area contributed by atoms with E-state index < -0.39 is 5.92 Å². The summed E-state index contributed by atoms with van der Waals surface area (Å²) in [7, 11) is 0. The standard InChI is InChI=1S/C21H18N4O4/c26-19-9-13(11-25(19)12-15-3-1-7-28-15)21(27)22-14-5-6-16-17(10-14)24-20(23-16)18-4-2-8-29-18/h1-8,10,13H,9,11-12H2,(H,22,27)(H,23,24). The number of nitrogens with one attached hydrogen (secondary N) is 2. The van der Waals surface area contributed by atoms with E-state index >= 15 is 0 Å². The van der Waals surface area contributed by atoms with Crippen molar-refractivity contribution in [3.63, 3.8) is 0 Å². The Balaban J connectivity index is 1.28. The average Bonchev–Trinajstić information content (AvgIpc) is 3.50. The lowest BCUT2D eigenvalue weighted by Crippen LogP contribution is -2.27. The van der Waals surface area contributed by atoms with Gasteiger partial charge in [-0.05, 0) is 42.5 Å². The van der Waals surface area contributed by atoms with Crippen LogP contribution in [0.15, 0.2) is 63.8 Å². The molecule has 0 spiro atoms. The van der Waals surface area contributed by atoms with E-state index in [4.69, 9.17) is 8.83 Å².